The lowest BCUT2D eigenvalue weighted by atomic mass is 9.66. The Morgan fingerprint density at radius 2 is 1.09 bits per heavy atom. The van der Waals surface area contributed by atoms with E-state index in [4.69, 9.17) is 6.11 Å². The van der Waals surface area contributed by atoms with Crippen molar-refractivity contribution in [2.75, 3.05) is 0 Å². The Morgan fingerprint density at radius 1 is 0.739 bits per heavy atom. The summed E-state index contributed by atoms with van der Waals surface area (Å²) in [5, 5.41) is 0. The van der Waals surface area contributed by atoms with Crippen molar-refractivity contribution in [3.63, 3.8) is 0 Å². The highest BCUT2D eigenvalue weighted by molar-refractivity contribution is 5.90. The third-order valence-corrected chi connectivity index (χ3v) is 3.69. The van der Waals surface area contributed by atoms with Gasteiger partial charge in [0, 0.05) is 12.2 Å². The normalized spacial score (nSPS) is 16.6. The van der Waals surface area contributed by atoms with E-state index in [2.05, 4.69) is 0 Å². The van der Waals surface area contributed by atoms with Crippen molar-refractivity contribution in [2.45, 2.75) is 89.2 Å². The van der Waals surface area contributed by atoms with Crippen molar-refractivity contribution in [1.82, 2.24) is 0 Å². The number of ketones is 1. The summed E-state index contributed by atoms with van der Waals surface area (Å²) < 4.78 is 14.7. The summed E-state index contributed by atoms with van der Waals surface area (Å²) in [4.78, 5) is 25.9. The molecule has 3 heteroatoms. The van der Waals surface area contributed by atoms with E-state index in [9.17, 15) is 9.59 Å². The highest BCUT2D eigenvalue weighted by Gasteiger charge is 2.46. The summed E-state index contributed by atoms with van der Waals surface area (Å²) in [5.41, 5.74) is -2.41. The fraction of sp³-hybridized carbons (Fsp3) is 0.900. The minimum Gasteiger partial charge on any atom is -0.454 e. The molecule has 0 bridgehead atoms. The van der Waals surface area contributed by atoms with E-state index in [-0.39, 0.29) is 5.78 Å². The second-order valence-corrected chi connectivity index (χ2v) is 10.6. The number of ether oxygens (including phenoxy) is 1. The van der Waals surface area contributed by atoms with Gasteiger partial charge in [-0.05, 0) is 10.8 Å². The van der Waals surface area contributed by atoms with Crippen LogP contribution in [0.5, 0.6) is 0 Å². The van der Waals surface area contributed by atoms with E-state index in [1.807, 2.05) is 83.1 Å². The SMILES string of the molecule is [2H]C(C(=O)OC(C(=O)C(C)(C)C)C(C)(C)C)(C(C)(C)C)C(C)(C)C. The first-order valence-corrected chi connectivity index (χ1v) is 8.43. The van der Waals surface area contributed by atoms with E-state index >= 15 is 0 Å². The van der Waals surface area contributed by atoms with Crippen LogP contribution in [0.2, 0.25) is 0 Å². The van der Waals surface area contributed by atoms with Crippen molar-refractivity contribution in [2.24, 2.45) is 27.6 Å². The van der Waals surface area contributed by atoms with E-state index < -0.39 is 39.6 Å². The lowest BCUT2D eigenvalue weighted by Crippen LogP contribution is -2.48. The van der Waals surface area contributed by atoms with Crippen molar-refractivity contribution in [3.8, 4) is 0 Å². The molecule has 23 heavy (non-hydrogen) atoms. The number of hydrogen-bond acceptors (Lipinski definition) is 3. The Labute approximate surface area is 145 Å². The standard InChI is InChI=1S/C20H38O3/c1-17(2,3)13(18(4,5)6)16(22)23-15(20(10,11)12)14(21)19(7,8)9/h13,15H,1-12H3/i13D. The second kappa shape index (κ2) is 6.57. The van der Waals surface area contributed by atoms with E-state index in [0.717, 1.165) is 0 Å². The number of carbonyl (C=O) groups excluding carboxylic acids is 2. The zero-order chi connectivity index (χ0) is 19.9. The maximum atomic E-state index is 13.1. The van der Waals surface area contributed by atoms with Gasteiger partial charge in [0.15, 0.2) is 11.9 Å². The molecule has 0 fully saturated rings. The van der Waals surface area contributed by atoms with Gasteiger partial charge in [-0.25, -0.2) is 0 Å². The van der Waals surface area contributed by atoms with Crippen LogP contribution < -0.4 is 0 Å². The Morgan fingerprint density at radius 3 is 1.30 bits per heavy atom. The zero-order valence-electron chi connectivity index (χ0n) is 18.3. The summed E-state index contributed by atoms with van der Waals surface area (Å²) in [6.07, 6.45) is -0.876. The maximum Gasteiger partial charge on any atom is 0.310 e. The van der Waals surface area contributed by atoms with Crippen LogP contribution in [-0.4, -0.2) is 17.9 Å². The first-order chi connectivity index (χ1) is 10.2. The van der Waals surface area contributed by atoms with E-state index in [1.165, 1.54) is 0 Å². The van der Waals surface area contributed by atoms with Gasteiger partial charge in [-0.3, -0.25) is 9.59 Å². The molecule has 0 heterocycles. The molecule has 0 aromatic carbocycles. The molecule has 0 aliphatic heterocycles. The van der Waals surface area contributed by atoms with Crippen LogP contribution in [0, 0.1) is 27.6 Å². The number of esters is 1. The average Bonchev–Trinajstić information content (AvgIpc) is 2.28. The predicted octanol–water partition coefficient (Wildman–Crippen LogP) is 5.27. The Bertz CT molecular complexity index is 465. The molecule has 0 saturated heterocycles. The van der Waals surface area contributed by atoms with E-state index in [0.29, 0.717) is 0 Å². The van der Waals surface area contributed by atoms with Crippen molar-refractivity contribution >= 4 is 11.8 Å². The van der Waals surface area contributed by atoms with Crippen LogP contribution >= 0.6 is 0 Å². The van der Waals surface area contributed by atoms with Crippen molar-refractivity contribution in [3.05, 3.63) is 0 Å². The first kappa shape index (κ1) is 20.2. The fourth-order valence-electron chi connectivity index (χ4n) is 2.92. The monoisotopic (exact) mass is 327 g/mol. The third-order valence-electron chi connectivity index (χ3n) is 3.69. The molecule has 0 spiro atoms. The second-order valence-electron chi connectivity index (χ2n) is 10.6. The fourth-order valence-corrected chi connectivity index (χ4v) is 2.92. The van der Waals surface area contributed by atoms with Crippen molar-refractivity contribution < 1.29 is 15.7 Å². The van der Waals surface area contributed by atoms with Gasteiger partial charge < -0.3 is 4.74 Å². The molecule has 0 aromatic rings. The van der Waals surface area contributed by atoms with Crippen LogP contribution in [0.15, 0.2) is 0 Å². The molecule has 0 rings (SSSR count). The van der Waals surface area contributed by atoms with Crippen LogP contribution in [-0.2, 0) is 14.3 Å². The summed E-state index contributed by atoms with van der Waals surface area (Å²) in [6, 6.07) is 0. The largest absolute Gasteiger partial charge is 0.454 e. The summed E-state index contributed by atoms with van der Waals surface area (Å²) in [5.74, 6) is -2.21. The van der Waals surface area contributed by atoms with Crippen LogP contribution in [0.1, 0.15) is 84.5 Å². The Hall–Kier alpha value is -0.860. The topological polar surface area (TPSA) is 43.4 Å². The number of carbonyl (C=O) groups is 2. The molecule has 3 nitrogen and oxygen atoms in total. The molecule has 0 amide bonds. The van der Waals surface area contributed by atoms with Gasteiger partial charge in [-0.2, -0.15) is 0 Å². The molecule has 0 radical (unpaired) electrons. The number of rotatable bonds is 3. The summed E-state index contributed by atoms with van der Waals surface area (Å²) in [7, 11) is 0. The first-order valence-electron chi connectivity index (χ1n) is 8.93. The third kappa shape index (κ3) is 6.27. The van der Waals surface area contributed by atoms with Gasteiger partial charge in [0.1, 0.15) is 0 Å². The lowest BCUT2D eigenvalue weighted by Gasteiger charge is -2.41. The highest BCUT2D eigenvalue weighted by atomic mass is 16.5. The highest BCUT2D eigenvalue weighted by Crippen LogP contribution is 2.42. The minimum absolute atomic E-state index is 0.117. The molecule has 0 aliphatic rings. The van der Waals surface area contributed by atoms with Gasteiger partial charge in [-0.15, -0.1) is 0 Å². The smallest absolute Gasteiger partial charge is 0.310 e. The summed E-state index contributed by atoms with van der Waals surface area (Å²) in [6.45, 7) is 22.3. The quantitative estimate of drug-likeness (QED) is 0.663. The molecule has 1 atom stereocenters. The molecule has 136 valence electrons. The van der Waals surface area contributed by atoms with Crippen LogP contribution in [0.3, 0.4) is 0 Å². The Balaban J connectivity index is 5.98. The zero-order valence-corrected chi connectivity index (χ0v) is 17.3. The average molecular weight is 328 g/mol. The lowest BCUT2D eigenvalue weighted by molar-refractivity contribution is -0.175. The van der Waals surface area contributed by atoms with Gasteiger partial charge in [0.05, 0.1) is 5.89 Å². The van der Waals surface area contributed by atoms with Gasteiger partial charge >= 0.3 is 5.97 Å². The van der Waals surface area contributed by atoms with E-state index in [1.54, 1.807) is 0 Å². The molecule has 0 aliphatic carbocycles. The molecule has 0 aromatic heterocycles. The molecular weight excluding hydrogens is 288 g/mol. The van der Waals surface area contributed by atoms with Crippen molar-refractivity contribution in [1.29, 1.82) is 0 Å². The molecular formula is C20H38O3. The van der Waals surface area contributed by atoms with Gasteiger partial charge in [0.25, 0.3) is 0 Å². The molecule has 0 saturated carbocycles. The van der Waals surface area contributed by atoms with Gasteiger partial charge in [-0.1, -0.05) is 83.1 Å². The van der Waals surface area contributed by atoms with Crippen LogP contribution in [0.4, 0.5) is 0 Å². The molecule has 0 N–H and O–H groups in total. The van der Waals surface area contributed by atoms with Crippen LogP contribution in [0.25, 0.3) is 0 Å². The number of hydrogen-bond donors (Lipinski definition) is 0. The molecule has 1 unspecified atom stereocenters. The minimum atomic E-state index is -1.47. The maximum absolute atomic E-state index is 13.1. The predicted molar refractivity (Wildman–Crippen MR) is 96.2 cm³/mol. The Kier molecular flexibility index (Phi) is 5.76. The van der Waals surface area contributed by atoms with Gasteiger partial charge in [0.2, 0.25) is 0 Å². The number of Topliss-reactive ketones (excluding diaryl/α,β-unsaturated/α-hetero) is 1. The summed E-state index contributed by atoms with van der Waals surface area (Å²) >= 11 is 0.